The first-order valence-electron chi connectivity index (χ1n) is 3.47. The van der Waals surface area contributed by atoms with E-state index in [1.807, 2.05) is 20.0 Å². The van der Waals surface area contributed by atoms with E-state index in [0.717, 1.165) is 16.9 Å². The number of aryl methyl sites for hydroxylation is 1. The number of alkyl halides is 1. The Labute approximate surface area is 71.6 Å². The number of aromatic nitrogens is 1. The summed E-state index contributed by atoms with van der Waals surface area (Å²) in [5, 5.41) is 2.99. The molecule has 2 nitrogen and oxygen atoms in total. The molecule has 3 heteroatoms. The lowest BCUT2D eigenvalue weighted by Crippen LogP contribution is -1.95. The molecule has 1 N–H and O–H groups in total. The van der Waals surface area contributed by atoms with Gasteiger partial charge in [0.1, 0.15) is 5.82 Å². The molecule has 1 aromatic rings. The Kier molecular flexibility index (Phi) is 2.71. The van der Waals surface area contributed by atoms with E-state index < -0.39 is 0 Å². The lowest BCUT2D eigenvalue weighted by molar-refractivity contribution is 1.19. The predicted octanol–water partition coefficient (Wildman–Crippen LogP) is 2.17. The fourth-order valence-corrected chi connectivity index (χ4v) is 1.11. The summed E-state index contributed by atoms with van der Waals surface area (Å²) < 4.78 is 0. The average molecular weight is 171 g/mol. The Hall–Kier alpha value is -0.760. The van der Waals surface area contributed by atoms with Crippen LogP contribution in [0, 0.1) is 6.92 Å². The molecule has 0 spiro atoms. The molecule has 11 heavy (non-hydrogen) atoms. The first-order valence-corrected chi connectivity index (χ1v) is 4.00. The van der Waals surface area contributed by atoms with E-state index in [1.165, 1.54) is 0 Å². The fraction of sp³-hybridized carbons (Fsp3) is 0.375. The van der Waals surface area contributed by atoms with Crippen molar-refractivity contribution in [2.75, 3.05) is 12.4 Å². The number of hydrogen-bond donors (Lipinski definition) is 1. The van der Waals surface area contributed by atoms with E-state index in [9.17, 15) is 0 Å². The Morgan fingerprint density at radius 2 is 2.36 bits per heavy atom. The van der Waals surface area contributed by atoms with Crippen LogP contribution in [0.5, 0.6) is 0 Å². The summed E-state index contributed by atoms with van der Waals surface area (Å²) in [5.74, 6) is 1.44. The quantitative estimate of drug-likeness (QED) is 0.689. The lowest BCUT2D eigenvalue weighted by atomic mass is 10.2. The molecule has 1 heterocycles. The largest absolute Gasteiger partial charge is 0.373 e. The molecule has 0 fully saturated rings. The van der Waals surface area contributed by atoms with E-state index in [1.54, 1.807) is 6.20 Å². The van der Waals surface area contributed by atoms with E-state index in [4.69, 9.17) is 11.6 Å². The minimum Gasteiger partial charge on any atom is -0.373 e. The van der Waals surface area contributed by atoms with Crippen LogP contribution in [0.1, 0.15) is 11.1 Å². The van der Waals surface area contributed by atoms with Crippen LogP contribution in [0.15, 0.2) is 12.3 Å². The first-order chi connectivity index (χ1) is 5.27. The van der Waals surface area contributed by atoms with Gasteiger partial charge in [-0.2, -0.15) is 0 Å². The Morgan fingerprint density at radius 1 is 1.64 bits per heavy atom. The van der Waals surface area contributed by atoms with Gasteiger partial charge in [0.2, 0.25) is 0 Å². The van der Waals surface area contributed by atoms with Gasteiger partial charge >= 0.3 is 0 Å². The molecule has 0 amide bonds. The molecule has 0 aliphatic rings. The van der Waals surface area contributed by atoms with Crippen molar-refractivity contribution in [1.29, 1.82) is 0 Å². The molecule has 1 aromatic heterocycles. The second kappa shape index (κ2) is 3.58. The third-order valence-corrected chi connectivity index (χ3v) is 1.83. The van der Waals surface area contributed by atoms with E-state index in [-0.39, 0.29) is 0 Å². The zero-order valence-electron chi connectivity index (χ0n) is 6.69. The van der Waals surface area contributed by atoms with Crippen molar-refractivity contribution in [2.45, 2.75) is 12.8 Å². The average Bonchev–Trinajstić information content (AvgIpc) is 2.04. The molecule has 0 unspecified atom stereocenters. The molecule has 0 aliphatic heterocycles. The van der Waals surface area contributed by atoms with Gasteiger partial charge in [-0.25, -0.2) is 4.98 Å². The van der Waals surface area contributed by atoms with Crippen molar-refractivity contribution in [3.05, 3.63) is 23.4 Å². The highest BCUT2D eigenvalue weighted by molar-refractivity contribution is 6.17. The third-order valence-electron chi connectivity index (χ3n) is 1.53. The minimum atomic E-state index is 0.526. The summed E-state index contributed by atoms with van der Waals surface area (Å²) in [4.78, 5) is 4.17. The minimum absolute atomic E-state index is 0.526. The lowest BCUT2D eigenvalue weighted by Gasteiger charge is -2.03. The van der Waals surface area contributed by atoms with Gasteiger partial charge in [-0.15, -0.1) is 11.6 Å². The summed E-state index contributed by atoms with van der Waals surface area (Å²) in [5.41, 5.74) is 2.19. The first kappa shape index (κ1) is 8.34. The smallest absolute Gasteiger partial charge is 0.128 e. The van der Waals surface area contributed by atoms with Crippen LogP contribution in [0.3, 0.4) is 0 Å². The molecule has 60 valence electrons. The van der Waals surface area contributed by atoms with Crippen LogP contribution in [0.25, 0.3) is 0 Å². The summed E-state index contributed by atoms with van der Waals surface area (Å²) in [7, 11) is 1.86. The van der Waals surface area contributed by atoms with Gasteiger partial charge in [0.05, 0.1) is 0 Å². The zero-order valence-corrected chi connectivity index (χ0v) is 7.44. The third kappa shape index (κ3) is 1.84. The van der Waals surface area contributed by atoms with Gasteiger partial charge in [-0.1, -0.05) is 0 Å². The highest BCUT2D eigenvalue weighted by atomic mass is 35.5. The SMILES string of the molecule is CNc1ncc(CCl)cc1C. The maximum atomic E-state index is 5.63. The molecule has 0 bridgehead atoms. The number of hydrogen-bond acceptors (Lipinski definition) is 2. The van der Waals surface area contributed by atoms with Gasteiger partial charge in [-0.3, -0.25) is 0 Å². The molecule has 0 saturated carbocycles. The number of anilines is 1. The number of halogens is 1. The fourth-order valence-electron chi connectivity index (χ4n) is 0.968. The molecule has 0 radical (unpaired) electrons. The highest BCUT2D eigenvalue weighted by Crippen LogP contribution is 2.12. The number of nitrogens with one attached hydrogen (secondary N) is 1. The zero-order chi connectivity index (χ0) is 8.27. The van der Waals surface area contributed by atoms with E-state index in [0.29, 0.717) is 5.88 Å². The van der Waals surface area contributed by atoms with Crippen LogP contribution in [0.4, 0.5) is 5.82 Å². The van der Waals surface area contributed by atoms with Gasteiger partial charge in [0.25, 0.3) is 0 Å². The monoisotopic (exact) mass is 170 g/mol. The maximum Gasteiger partial charge on any atom is 0.128 e. The molecular formula is C8H11ClN2. The molecule has 0 aliphatic carbocycles. The Bertz CT molecular complexity index is 248. The number of pyridine rings is 1. The van der Waals surface area contributed by atoms with Crippen LogP contribution in [0.2, 0.25) is 0 Å². The summed E-state index contributed by atoms with van der Waals surface area (Å²) >= 11 is 5.63. The van der Waals surface area contributed by atoms with E-state index >= 15 is 0 Å². The topological polar surface area (TPSA) is 24.9 Å². The van der Waals surface area contributed by atoms with Crippen molar-refractivity contribution in [2.24, 2.45) is 0 Å². The van der Waals surface area contributed by atoms with Crippen molar-refractivity contribution in [3.63, 3.8) is 0 Å². The molecule has 1 rings (SSSR count). The Morgan fingerprint density at radius 3 is 2.82 bits per heavy atom. The summed E-state index contributed by atoms with van der Waals surface area (Å²) in [6.07, 6.45) is 1.78. The van der Waals surface area contributed by atoms with Gasteiger partial charge in [-0.05, 0) is 24.1 Å². The second-order valence-electron chi connectivity index (χ2n) is 2.39. The van der Waals surface area contributed by atoms with E-state index in [2.05, 4.69) is 10.3 Å². The molecule has 0 atom stereocenters. The van der Waals surface area contributed by atoms with Gasteiger partial charge < -0.3 is 5.32 Å². The molecular weight excluding hydrogens is 160 g/mol. The van der Waals surface area contributed by atoms with Crippen LogP contribution in [-0.2, 0) is 5.88 Å². The van der Waals surface area contributed by atoms with Crippen molar-refractivity contribution in [1.82, 2.24) is 4.98 Å². The summed E-state index contributed by atoms with van der Waals surface area (Å²) in [6.45, 7) is 2.01. The maximum absolute atomic E-state index is 5.63. The van der Waals surface area contributed by atoms with Gasteiger partial charge in [0.15, 0.2) is 0 Å². The molecule has 0 saturated heterocycles. The van der Waals surface area contributed by atoms with Crippen molar-refractivity contribution >= 4 is 17.4 Å². The normalized spacial score (nSPS) is 9.73. The Balaban J connectivity index is 2.99. The molecule has 0 aromatic carbocycles. The standard InChI is InChI=1S/C8H11ClN2/c1-6-3-7(4-9)5-11-8(6)10-2/h3,5H,4H2,1-2H3,(H,10,11). The van der Waals surface area contributed by atoms with Crippen LogP contribution in [-0.4, -0.2) is 12.0 Å². The van der Waals surface area contributed by atoms with Crippen molar-refractivity contribution in [3.8, 4) is 0 Å². The van der Waals surface area contributed by atoms with Crippen molar-refractivity contribution < 1.29 is 0 Å². The van der Waals surface area contributed by atoms with Crippen LogP contribution < -0.4 is 5.32 Å². The predicted molar refractivity (Wildman–Crippen MR) is 48.1 cm³/mol. The highest BCUT2D eigenvalue weighted by Gasteiger charge is 1.97. The summed E-state index contributed by atoms with van der Waals surface area (Å²) in [6, 6.07) is 2.03. The number of nitrogens with zero attached hydrogens (tertiary/aromatic N) is 1. The second-order valence-corrected chi connectivity index (χ2v) is 2.66. The van der Waals surface area contributed by atoms with Crippen LogP contribution >= 0.6 is 11.6 Å². The van der Waals surface area contributed by atoms with Gasteiger partial charge in [0, 0.05) is 19.1 Å². The number of rotatable bonds is 2.